The quantitative estimate of drug-likeness (QED) is 0.704. The number of nitrogens with one attached hydrogen (secondary N) is 1. The van der Waals surface area contributed by atoms with Crippen LogP contribution in [-0.4, -0.2) is 30.8 Å². The van der Waals surface area contributed by atoms with Crippen LogP contribution < -0.4 is 5.32 Å². The highest BCUT2D eigenvalue weighted by Crippen LogP contribution is 2.28. The first kappa shape index (κ1) is 15.0. The third-order valence-corrected chi connectivity index (χ3v) is 3.62. The van der Waals surface area contributed by atoms with Crippen molar-refractivity contribution in [1.82, 2.24) is 10.5 Å². The monoisotopic (exact) mass is 280 g/mol. The second kappa shape index (κ2) is 7.43. The summed E-state index contributed by atoms with van der Waals surface area (Å²) in [5.74, 6) is 1.69. The SMILES string of the molecule is Cc1noc(C)c1CCC(=O)NCCCOCC1CC1. The van der Waals surface area contributed by atoms with Gasteiger partial charge in [0.1, 0.15) is 5.76 Å². The van der Waals surface area contributed by atoms with Crippen LogP contribution in [0.4, 0.5) is 0 Å². The van der Waals surface area contributed by atoms with Crippen molar-refractivity contribution in [3.05, 3.63) is 17.0 Å². The van der Waals surface area contributed by atoms with E-state index in [2.05, 4.69) is 10.5 Å². The van der Waals surface area contributed by atoms with Gasteiger partial charge >= 0.3 is 0 Å². The van der Waals surface area contributed by atoms with Crippen LogP contribution in [0.3, 0.4) is 0 Å². The first-order chi connectivity index (χ1) is 9.66. The molecular weight excluding hydrogens is 256 g/mol. The van der Waals surface area contributed by atoms with E-state index in [0.717, 1.165) is 42.6 Å². The van der Waals surface area contributed by atoms with Crippen molar-refractivity contribution >= 4 is 5.91 Å². The van der Waals surface area contributed by atoms with Gasteiger partial charge in [-0.1, -0.05) is 5.16 Å². The van der Waals surface area contributed by atoms with Crippen molar-refractivity contribution in [3.63, 3.8) is 0 Å². The predicted molar refractivity (Wildman–Crippen MR) is 75.5 cm³/mol. The average molecular weight is 280 g/mol. The van der Waals surface area contributed by atoms with Gasteiger partial charge in [0, 0.05) is 31.7 Å². The molecule has 0 aromatic carbocycles. The summed E-state index contributed by atoms with van der Waals surface area (Å²) in [4.78, 5) is 11.7. The highest BCUT2D eigenvalue weighted by Gasteiger charge is 2.20. The van der Waals surface area contributed by atoms with Gasteiger partial charge in [0.25, 0.3) is 0 Å². The number of carbonyl (C=O) groups excluding carboxylic acids is 1. The Kier molecular flexibility index (Phi) is 5.59. The van der Waals surface area contributed by atoms with Crippen molar-refractivity contribution in [2.75, 3.05) is 19.8 Å². The molecule has 5 heteroatoms. The Morgan fingerprint density at radius 3 is 2.90 bits per heavy atom. The molecule has 112 valence electrons. The van der Waals surface area contributed by atoms with E-state index < -0.39 is 0 Å². The summed E-state index contributed by atoms with van der Waals surface area (Å²) in [7, 11) is 0. The zero-order chi connectivity index (χ0) is 14.4. The second-order valence-electron chi connectivity index (χ2n) is 5.52. The summed E-state index contributed by atoms with van der Waals surface area (Å²) in [5.41, 5.74) is 1.93. The van der Waals surface area contributed by atoms with Crippen molar-refractivity contribution < 1.29 is 14.1 Å². The molecule has 0 spiro atoms. The maximum atomic E-state index is 11.7. The fourth-order valence-electron chi connectivity index (χ4n) is 2.12. The molecule has 2 rings (SSSR count). The van der Waals surface area contributed by atoms with Crippen LogP contribution in [-0.2, 0) is 16.0 Å². The molecule has 1 N–H and O–H groups in total. The van der Waals surface area contributed by atoms with E-state index in [1.165, 1.54) is 12.8 Å². The summed E-state index contributed by atoms with van der Waals surface area (Å²) in [5, 5.41) is 6.80. The maximum Gasteiger partial charge on any atom is 0.220 e. The standard InChI is InChI=1S/C15H24N2O3/c1-11-14(12(2)20-17-11)6-7-15(18)16-8-3-9-19-10-13-4-5-13/h13H,3-10H2,1-2H3,(H,16,18). The number of rotatable bonds is 9. The van der Waals surface area contributed by atoms with Gasteiger partial charge in [0.2, 0.25) is 5.91 Å². The first-order valence-corrected chi connectivity index (χ1v) is 7.43. The maximum absolute atomic E-state index is 11.7. The lowest BCUT2D eigenvalue weighted by Gasteiger charge is -2.06. The highest BCUT2D eigenvalue weighted by atomic mass is 16.5. The van der Waals surface area contributed by atoms with Crippen LogP contribution >= 0.6 is 0 Å². The van der Waals surface area contributed by atoms with E-state index in [1.54, 1.807) is 0 Å². The lowest BCUT2D eigenvalue weighted by atomic mass is 10.1. The molecule has 1 amide bonds. The Morgan fingerprint density at radius 1 is 1.45 bits per heavy atom. The molecule has 0 atom stereocenters. The van der Waals surface area contributed by atoms with Crippen LogP contribution in [0.5, 0.6) is 0 Å². The number of hydrogen-bond donors (Lipinski definition) is 1. The van der Waals surface area contributed by atoms with E-state index in [9.17, 15) is 4.79 Å². The van der Waals surface area contributed by atoms with Gasteiger partial charge in [-0.25, -0.2) is 0 Å². The van der Waals surface area contributed by atoms with Crippen molar-refractivity contribution in [2.45, 2.75) is 46.0 Å². The Morgan fingerprint density at radius 2 is 2.25 bits per heavy atom. The molecule has 1 aromatic rings. The molecule has 20 heavy (non-hydrogen) atoms. The number of carbonyl (C=O) groups is 1. The fraction of sp³-hybridized carbons (Fsp3) is 0.733. The minimum Gasteiger partial charge on any atom is -0.381 e. The van der Waals surface area contributed by atoms with Crippen molar-refractivity contribution in [1.29, 1.82) is 0 Å². The number of aryl methyl sites for hydroxylation is 2. The van der Waals surface area contributed by atoms with Crippen LogP contribution in [0.15, 0.2) is 4.52 Å². The average Bonchev–Trinajstić information content (AvgIpc) is 3.19. The highest BCUT2D eigenvalue weighted by molar-refractivity contribution is 5.76. The zero-order valence-corrected chi connectivity index (χ0v) is 12.4. The minimum atomic E-state index is 0.0761. The van der Waals surface area contributed by atoms with Crippen molar-refractivity contribution in [2.24, 2.45) is 5.92 Å². The second-order valence-corrected chi connectivity index (χ2v) is 5.52. The summed E-state index contributed by atoms with van der Waals surface area (Å²) in [6.45, 7) is 6.09. The molecule has 0 unspecified atom stereocenters. The molecule has 0 radical (unpaired) electrons. The van der Waals surface area contributed by atoms with E-state index >= 15 is 0 Å². The summed E-state index contributed by atoms with van der Waals surface area (Å²) >= 11 is 0. The Labute approximate surface area is 120 Å². The Bertz CT molecular complexity index is 419. The van der Waals surface area contributed by atoms with Crippen LogP contribution in [0.2, 0.25) is 0 Å². The topological polar surface area (TPSA) is 64.4 Å². The number of aromatic nitrogens is 1. The van der Waals surface area contributed by atoms with Gasteiger partial charge in [0.15, 0.2) is 0 Å². The first-order valence-electron chi connectivity index (χ1n) is 7.43. The van der Waals surface area contributed by atoms with E-state index in [1.807, 2.05) is 13.8 Å². The van der Waals surface area contributed by atoms with Crippen LogP contribution in [0.1, 0.15) is 42.7 Å². The van der Waals surface area contributed by atoms with E-state index in [0.29, 0.717) is 19.4 Å². The molecule has 0 saturated heterocycles. The zero-order valence-electron chi connectivity index (χ0n) is 12.4. The lowest BCUT2D eigenvalue weighted by molar-refractivity contribution is -0.121. The van der Waals surface area contributed by atoms with Gasteiger partial charge in [-0.05, 0) is 45.4 Å². The van der Waals surface area contributed by atoms with Gasteiger partial charge < -0.3 is 14.6 Å². The van der Waals surface area contributed by atoms with Gasteiger partial charge in [-0.3, -0.25) is 4.79 Å². The molecule has 1 fully saturated rings. The molecule has 1 aliphatic rings. The molecule has 1 aromatic heterocycles. The summed E-state index contributed by atoms with van der Waals surface area (Å²) in [6.07, 6.45) is 4.68. The fourth-order valence-corrected chi connectivity index (χ4v) is 2.12. The van der Waals surface area contributed by atoms with Crippen LogP contribution in [0, 0.1) is 19.8 Å². The Hall–Kier alpha value is -1.36. The summed E-state index contributed by atoms with van der Waals surface area (Å²) in [6, 6.07) is 0. The molecule has 5 nitrogen and oxygen atoms in total. The lowest BCUT2D eigenvalue weighted by Crippen LogP contribution is -2.25. The number of nitrogens with zero attached hydrogens (tertiary/aromatic N) is 1. The predicted octanol–water partition coefficient (Wildman–Crippen LogP) is 2.16. The Balaban J connectivity index is 1.51. The molecule has 0 aliphatic heterocycles. The largest absolute Gasteiger partial charge is 0.381 e. The number of amides is 1. The van der Waals surface area contributed by atoms with Gasteiger partial charge in [0.05, 0.1) is 5.69 Å². The summed E-state index contributed by atoms with van der Waals surface area (Å²) < 4.78 is 10.6. The molecule has 1 saturated carbocycles. The molecule has 1 heterocycles. The van der Waals surface area contributed by atoms with Crippen molar-refractivity contribution in [3.8, 4) is 0 Å². The molecule has 0 bridgehead atoms. The molecule has 1 aliphatic carbocycles. The van der Waals surface area contributed by atoms with Gasteiger partial charge in [-0.15, -0.1) is 0 Å². The third-order valence-electron chi connectivity index (χ3n) is 3.62. The third kappa shape index (κ3) is 4.96. The van der Waals surface area contributed by atoms with Gasteiger partial charge in [-0.2, -0.15) is 0 Å². The van der Waals surface area contributed by atoms with E-state index in [-0.39, 0.29) is 5.91 Å². The van der Waals surface area contributed by atoms with Crippen LogP contribution in [0.25, 0.3) is 0 Å². The normalized spacial score (nSPS) is 14.5. The smallest absolute Gasteiger partial charge is 0.220 e. The molecular formula is C15H24N2O3. The minimum absolute atomic E-state index is 0.0761. The number of hydrogen-bond acceptors (Lipinski definition) is 4. The number of ether oxygens (including phenoxy) is 1. The van der Waals surface area contributed by atoms with E-state index in [4.69, 9.17) is 9.26 Å².